The van der Waals surface area contributed by atoms with Gasteiger partial charge in [-0.15, -0.1) is 0 Å². The maximum Gasteiger partial charge on any atom is 0 e. The molecule has 0 saturated carbocycles. The van der Waals surface area contributed by atoms with Gasteiger partial charge in [-0.1, -0.05) is 0 Å². The van der Waals surface area contributed by atoms with Crippen LogP contribution in [0.15, 0.2) is 0 Å². The molecule has 0 amide bonds. The third-order valence-corrected chi connectivity index (χ3v) is 0. The monoisotopic (exact) mass is 467 g/mol. The quantitative estimate of drug-likeness (QED) is 0.443. The first-order valence-corrected chi connectivity index (χ1v) is 0. The number of hydrogen-bond donors (Lipinski definition) is 0. The molecule has 0 saturated heterocycles. The number of rotatable bonds is 0. The van der Waals surface area contributed by atoms with Crippen LogP contribution in [0.1, 0.15) is 0 Å². The zero-order valence-electron chi connectivity index (χ0n) is 2.37. The summed E-state index contributed by atoms with van der Waals surface area (Å²) in [5.74, 6) is 0. The molecule has 6 heavy (non-hydrogen) atoms. The minimum atomic E-state index is 0. The van der Waals surface area contributed by atoms with Crippen LogP contribution in [0.25, 0.3) is 0 Å². The summed E-state index contributed by atoms with van der Waals surface area (Å²) in [4.78, 5) is 0. The maximum absolute atomic E-state index is 0. The fourth-order valence-electron chi connectivity index (χ4n) is 0. The molecule has 1 radical (unpaired) electrons. The van der Waals surface area contributed by atoms with E-state index in [9.17, 15) is 0 Å². The van der Waals surface area contributed by atoms with Gasteiger partial charge in [0, 0.05) is 134 Å². The molecule has 0 aliphatic rings. The van der Waals surface area contributed by atoms with Crippen LogP contribution >= 0.6 is 0 Å². The zero-order valence-corrected chi connectivity index (χ0v) is 11.9. The SMILES string of the molecule is [Co].[Cr].[Mo].[Ni].[Sm].[Ti]. The van der Waals surface area contributed by atoms with Gasteiger partial charge in [-0.2, -0.15) is 0 Å². The summed E-state index contributed by atoms with van der Waals surface area (Å²) in [6, 6.07) is 0. The van der Waals surface area contributed by atoms with Gasteiger partial charge in [-0.05, 0) is 0 Å². The van der Waals surface area contributed by atoms with Crippen LogP contribution in [-0.4, -0.2) is 0 Å². The van der Waals surface area contributed by atoms with Crippen molar-refractivity contribution in [1.82, 2.24) is 0 Å². The van der Waals surface area contributed by atoms with Crippen LogP contribution in [0, 0.1) is 40.4 Å². The fraction of sp³-hybridized carbons (Fsp3) is 0. The zero-order chi connectivity index (χ0) is 0. The van der Waals surface area contributed by atoms with Gasteiger partial charge < -0.3 is 0 Å². The largest absolute Gasteiger partial charge is 0 e. The molecule has 0 nitrogen and oxygen atoms in total. The Morgan fingerprint density at radius 3 is 1.00 bits per heavy atom. The smallest absolute Gasteiger partial charge is 0 e. The molecule has 0 aromatic heterocycles. The van der Waals surface area contributed by atoms with Crippen LogP contribution < -0.4 is 0 Å². The average Bonchev–Trinajstić information content (AvgIpc) is 0. The Bertz CT molecular complexity index is 15.5. The molecular weight excluding hydrogens is 464 g/mol. The summed E-state index contributed by atoms with van der Waals surface area (Å²) in [6.07, 6.45) is 0. The molecule has 41 valence electrons. The van der Waals surface area contributed by atoms with Crippen LogP contribution in [0.2, 0.25) is 0 Å². The van der Waals surface area contributed by atoms with Gasteiger partial charge in [-0.3, -0.25) is 0 Å². The molecule has 0 rings (SSSR count). The normalized spacial score (nSPS) is 0. The summed E-state index contributed by atoms with van der Waals surface area (Å²) in [6.45, 7) is 0. The summed E-state index contributed by atoms with van der Waals surface area (Å²) in [7, 11) is 0. The molecule has 0 heterocycles. The summed E-state index contributed by atoms with van der Waals surface area (Å²) >= 11 is 0. The second-order valence-electron chi connectivity index (χ2n) is 0. The van der Waals surface area contributed by atoms with Crippen molar-refractivity contribution in [3.63, 3.8) is 0 Å². The van der Waals surface area contributed by atoms with Crippen molar-refractivity contribution in [3.8, 4) is 0 Å². The molecule has 0 spiro atoms. The molecule has 0 unspecified atom stereocenters. The van der Waals surface area contributed by atoms with E-state index in [1.165, 1.54) is 0 Å². The van der Waals surface area contributed by atoms with Gasteiger partial charge >= 0.3 is 0 Å². The van der Waals surface area contributed by atoms with Crippen LogP contribution in [0.3, 0.4) is 0 Å². The van der Waals surface area contributed by atoms with E-state index in [1.54, 1.807) is 0 Å². The summed E-state index contributed by atoms with van der Waals surface area (Å²) in [5.41, 5.74) is 0. The van der Waals surface area contributed by atoms with E-state index in [0.29, 0.717) is 0 Å². The Morgan fingerprint density at radius 2 is 1.00 bits per heavy atom. The Morgan fingerprint density at radius 1 is 1.00 bits per heavy atom. The third kappa shape index (κ3) is 24.0. The Kier molecular flexibility index (Phi) is 280. The van der Waals surface area contributed by atoms with Crippen LogP contribution in [0.5, 0.6) is 0 Å². The van der Waals surface area contributed by atoms with E-state index in [2.05, 4.69) is 0 Å². The number of hydrogen-bond acceptors (Lipinski definition) is 0. The topological polar surface area (TPSA) is 0 Å². The molecule has 6 heteroatoms. The third-order valence-electron chi connectivity index (χ3n) is 0. The molecule has 0 fully saturated rings. The molecule has 0 bridgehead atoms. The predicted molar refractivity (Wildman–Crippen MR) is 0 cm³/mol. The molecular formula is CoCrMoNiSmTi. The Hall–Kier alpha value is 4.27. The Balaban J connectivity index is 0. The minimum Gasteiger partial charge on any atom is 0 e. The molecule has 0 aliphatic carbocycles. The van der Waals surface area contributed by atoms with Crippen molar-refractivity contribution >= 4 is 0 Å². The first-order chi connectivity index (χ1) is 0. The second-order valence-corrected chi connectivity index (χ2v) is 0. The van der Waals surface area contributed by atoms with E-state index in [-0.39, 0.29) is 134 Å². The summed E-state index contributed by atoms with van der Waals surface area (Å²) in [5, 5.41) is 0. The van der Waals surface area contributed by atoms with Crippen LogP contribution in [0.4, 0.5) is 0 Å². The first kappa shape index (κ1) is 48.4. The predicted octanol–water partition coefficient (Wildman–Crippen LogP) is -0.0125. The summed E-state index contributed by atoms with van der Waals surface area (Å²) < 4.78 is 0. The molecule has 0 N–H and O–H groups in total. The van der Waals surface area contributed by atoms with Crippen molar-refractivity contribution in [2.45, 2.75) is 0 Å². The van der Waals surface area contributed by atoms with Gasteiger partial charge in [-0.25, -0.2) is 0 Å². The van der Waals surface area contributed by atoms with Gasteiger partial charge in [0.25, 0.3) is 0 Å². The van der Waals surface area contributed by atoms with Crippen molar-refractivity contribution in [1.29, 1.82) is 0 Å². The van der Waals surface area contributed by atoms with Crippen LogP contribution in [-0.2, 0) is 93.4 Å². The van der Waals surface area contributed by atoms with Crippen molar-refractivity contribution < 1.29 is 134 Å². The van der Waals surface area contributed by atoms with Crippen molar-refractivity contribution in [2.24, 2.45) is 0 Å². The molecule has 0 aliphatic heterocycles. The second kappa shape index (κ2) is 34.8. The molecule has 0 atom stereocenters. The average molecular weight is 464 g/mol. The van der Waals surface area contributed by atoms with Gasteiger partial charge in [0.2, 0.25) is 0 Å². The fourth-order valence-corrected chi connectivity index (χ4v) is 0. The maximum atomic E-state index is 0. The standard InChI is InChI=1S/Co.Cr.Mo.Ni.Sm.Ti. The van der Waals surface area contributed by atoms with E-state index < -0.39 is 0 Å². The van der Waals surface area contributed by atoms with Crippen molar-refractivity contribution in [2.75, 3.05) is 0 Å². The minimum absolute atomic E-state index is 0. The van der Waals surface area contributed by atoms with Gasteiger partial charge in [0.15, 0.2) is 0 Å². The van der Waals surface area contributed by atoms with E-state index in [1.807, 2.05) is 0 Å². The van der Waals surface area contributed by atoms with Crippen molar-refractivity contribution in [3.05, 3.63) is 0 Å². The first-order valence-electron chi connectivity index (χ1n) is 0. The van der Waals surface area contributed by atoms with E-state index in [4.69, 9.17) is 0 Å². The van der Waals surface area contributed by atoms with Gasteiger partial charge in [0.1, 0.15) is 0 Å². The molecule has 0 aromatic carbocycles. The van der Waals surface area contributed by atoms with Gasteiger partial charge in [0.05, 0.1) is 0 Å². The van der Waals surface area contributed by atoms with E-state index >= 15 is 0 Å². The molecule has 0 aromatic rings. The van der Waals surface area contributed by atoms with E-state index in [0.717, 1.165) is 0 Å². The Labute approximate surface area is 131 Å².